The molecule has 18 heavy (non-hydrogen) atoms. The molecule has 0 bridgehead atoms. The number of nitrogens with two attached hydrogens (primary N) is 2. The van der Waals surface area contributed by atoms with Gasteiger partial charge >= 0.3 is 0 Å². The van der Waals surface area contributed by atoms with Crippen LogP contribution in [0.4, 0.5) is 17.1 Å². The van der Waals surface area contributed by atoms with E-state index in [4.69, 9.17) is 23.1 Å². The Morgan fingerprint density at radius 3 is 2.28 bits per heavy atom. The van der Waals surface area contributed by atoms with Crippen molar-refractivity contribution in [3.05, 3.63) is 51.5 Å². The van der Waals surface area contributed by atoms with Crippen LogP contribution in [0.5, 0.6) is 0 Å². The summed E-state index contributed by atoms with van der Waals surface area (Å²) in [6.07, 6.45) is 0. The molecule has 0 heterocycles. The van der Waals surface area contributed by atoms with Gasteiger partial charge in [-0.3, -0.25) is 10.1 Å². The standard InChI is InChI=1S/C12H10ClN3O2/c13-10-5-9(7-1-3-8(14)4-2-7)12(16(17)18)6-11(10)15/h1-6H,14-15H2. The summed E-state index contributed by atoms with van der Waals surface area (Å²) in [5, 5.41) is 11.3. The Balaban J connectivity index is 2.65. The van der Waals surface area contributed by atoms with Gasteiger partial charge in [0.15, 0.2) is 0 Å². The SMILES string of the molecule is Nc1ccc(-c2cc(Cl)c(N)cc2[N+](=O)[O-])cc1. The molecular formula is C12H10ClN3O2. The lowest BCUT2D eigenvalue weighted by Gasteiger charge is -2.06. The number of halogens is 1. The Morgan fingerprint density at radius 2 is 1.72 bits per heavy atom. The first kappa shape index (κ1) is 12.2. The average molecular weight is 264 g/mol. The van der Waals surface area contributed by atoms with E-state index in [1.807, 2.05) is 0 Å². The minimum Gasteiger partial charge on any atom is -0.399 e. The number of hydrogen-bond donors (Lipinski definition) is 2. The molecule has 2 aromatic rings. The maximum Gasteiger partial charge on any atom is 0.279 e. The Morgan fingerprint density at radius 1 is 1.11 bits per heavy atom. The molecule has 0 aliphatic carbocycles. The first-order valence-corrected chi connectivity index (χ1v) is 5.46. The molecule has 0 unspecified atom stereocenters. The average Bonchev–Trinajstić information content (AvgIpc) is 2.33. The van der Waals surface area contributed by atoms with Gasteiger partial charge in [0.05, 0.1) is 21.2 Å². The Kier molecular flexibility index (Phi) is 3.08. The molecule has 0 aliphatic heterocycles. The van der Waals surface area contributed by atoms with Gasteiger partial charge in [0, 0.05) is 11.8 Å². The van der Waals surface area contributed by atoms with Crippen LogP contribution in [0.2, 0.25) is 5.02 Å². The van der Waals surface area contributed by atoms with Gasteiger partial charge in [-0.1, -0.05) is 23.7 Å². The molecule has 2 rings (SSSR count). The first-order valence-electron chi connectivity index (χ1n) is 5.08. The minimum atomic E-state index is -0.488. The molecule has 0 saturated carbocycles. The number of anilines is 2. The molecule has 0 fully saturated rings. The molecular weight excluding hydrogens is 254 g/mol. The summed E-state index contributed by atoms with van der Waals surface area (Å²) < 4.78 is 0. The third-order valence-electron chi connectivity index (χ3n) is 2.53. The molecule has 0 spiro atoms. The first-order chi connectivity index (χ1) is 8.49. The zero-order valence-electron chi connectivity index (χ0n) is 9.26. The predicted octanol–water partition coefficient (Wildman–Crippen LogP) is 3.08. The summed E-state index contributed by atoms with van der Waals surface area (Å²) in [6, 6.07) is 9.48. The summed E-state index contributed by atoms with van der Waals surface area (Å²) in [5.41, 5.74) is 12.9. The van der Waals surface area contributed by atoms with Crippen LogP contribution >= 0.6 is 11.6 Å². The van der Waals surface area contributed by atoms with E-state index < -0.39 is 4.92 Å². The number of hydrogen-bond acceptors (Lipinski definition) is 4. The van der Waals surface area contributed by atoms with Crippen LogP contribution in [0.25, 0.3) is 11.1 Å². The second-order valence-electron chi connectivity index (χ2n) is 3.77. The van der Waals surface area contributed by atoms with Gasteiger partial charge in [-0.2, -0.15) is 0 Å². The second kappa shape index (κ2) is 4.54. The highest BCUT2D eigenvalue weighted by molar-refractivity contribution is 6.33. The zero-order valence-corrected chi connectivity index (χ0v) is 10.0. The molecule has 92 valence electrons. The molecule has 0 saturated heterocycles. The summed E-state index contributed by atoms with van der Waals surface area (Å²) >= 11 is 5.90. The number of nitro benzene ring substituents is 1. The Labute approximate surface area is 108 Å². The lowest BCUT2D eigenvalue weighted by atomic mass is 10.0. The Bertz CT molecular complexity index is 611. The van der Waals surface area contributed by atoms with Crippen molar-refractivity contribution >= 4 is 28.7 Å². The van der Waals surface area contributed by atoms with E-state index in [9.17, 15) is 10.1 Å². The third-order valence-corrected chi connectivity index (χ3v) is 2.86. The summed E-state index contributed by atoms with van der Waals surface area (Å²) in [5.74, 6) is 0. The van der Waals surface area contributed by atoms with E-state index in [1.54, 1.807) is 24.3 Å². The minimum absolute atomic E-state index is 0.0818. The van der Waals surface area contributed by atoms with Crippen molar-refractivity contribution in [3.63, 3.8) is 0 Å². The number of rotatable bonds is 2. The fraction of sp³-hybridized carbons (Fsp3) is 0. The highest BCUT2D eigenvalue weighted by Crippen LogP contribution is 2.36. The molecule has 2 aromatic carbocycles. The second-order valence-corrected chi connectivity index (χ2v) is 4.18. The number of nitrogen functional groups attached to an aromatic ring is 2. The van der Waals surface area contributed by atoms with Gasteiger partial charge < -0.3 is 11.5 Å². The van der Waals surface area contributed by atoms with Gasteiger partial charge in [0.25, 0.3) is 5.69 Å². The topological polar surface area (TPSA) is 95.2 Å². The fourth-order valence-electron chi connectivity index (χ4n) is 1.62. The molecule has 0 aromatic heterocycles. The van der Waals surface area contributed by atoms with Crippen LogP contribution in [0.15, 0.2) is 36.4 Å². The fourth-order valence-corrected chi connectivity index (χ4v) is 1.79. The summed E-state index contributed by atoms with van der Waals surface area (Å²) in [4.78, 5) is 10.5. The van der Waals surface area contributed by atoms with Gasteiger partial charge in [0.1, 0.15) is 0 Å². The molecule has 5 nitrogen and oxygen atoms in total. The van der Waals surface area contributed by atoms with Crippen LogP contribution < -0.4 is 11.5 Å². The van der Waals surface area contributed by atoms with Crippen molar-refractivity contribution in [2.24, 2.45) is 0 Å². The number of benzene rings is 2. The highest BCUT2D eigenvalue weighted by atomic mass is 35.5. The maximum atomic E-state index is 11.0. The molecule has 4 N–H and O–H groups in total. The summed E-state index contributed by atoms with van der Waals surface area (Å²) in [6.45, 7) is 0. The molecule has 6 heteroatoms. The van der Waals surface area contributed by atoms with Crippen molar-refractivity contribution in [1.29, 1.82) is 0 Å². The predicted molar refractivity (Wildman–Crippen MR) is 72.4 cm³/mol. The molecule has 0 aliphatic rings. The smallest absolute Gasteiger partial charge is 0.279 e. The van der Waals surface area contributed by atoms with Crippen LogP contribution in [0.3, 0.4) is 0 Å². The lowest BCUT2D eigenvalue weighted by molar-refractivity contribution is -0.384. The van der Waals surface area contributed by atoms with E-state index in [-0.39, 0.29) is 16.4 Å². The van der Waals surface area contributed by atoms with Crippen LogP contribution in [-0.4, -0.2) is 4.92 Å². The van der Waals surface area contributed by atoms with Crippen molar-refractivity contribution in [1.82, 2.24) is 0 Å². The van der Waals surface area contributed by atoms with Crippen LogP contribution in [-0.2, 0) is 0 Å². The van der Waals surface area contributed by atoms with Crippen molar-refractivity contribution in [2.75, 3.05) is 11.5 Å². The van der Waals surface area contributed by atoms with Crippen LogP contribution in [0, 0.1) is 10.1 Å². The monoisotopic (exact) mass is 263 g/mol. The number of nitro groups is 1. The van der Waals surface area contributed by atoms with E-state index in [1.165, 1.54) is 12.1 Å². The zero-order chi connectivity index (χ0) is 13.3. The van der Waals surface area contributed by atoms with Crippen molar-refractivity contribution in [2.45, 2.75) is 0 Å². The quantitative estimate of drug-likeness (QED) is 0.494. The van der Waals surface area contributed by atoms with Crippen LogP contribution in [0.1, 0.15) is 0 Å². The number of nitrogens with zero attached hydrogens (tertiary/aromatic N) is 1. The van der Waals surface area contributed by atoms with E-state index >= 15 is 0 Å². The highest BCUT2D eigenvalue weighted by Gasteiger charge is 2.17. The maximum absolute atomic E-state index is 11.0. The molecule has 0 atom stereocenters. The third kappa shape index (κ3) is 2.21. The normalized spacial score (nSPS) is 10.3. The van der Waals surface area contributed by atoms with Gasteiger partial charge in [-0.25, -0.2) is 0 Å². The largest absolute Gasteiger partial charge is 0.399 e. The van der Waals surface area contributed by atoms with Gasteiger partial charge in [-0.05, 0) is 23.8 Å². The van der Waals surface area contributed by atoms with E-state index in [2.05, 4.69) is 0 Å². The van der Waals surface area contributed by atoms with Crippen molar-refractivity contribution < 1.29 is 4.92 Å². The molecule has 0 amide bonds. The Hall–Kier alpha value is -2.27. The molecule has 0 radical (unpaired) electrons. The van der Waals surface area contributed by atoms with Gasteiger partial charge in [-0.15, -0.1) is 0 Å². The summed E-state index contributed by atoms with van der Waals surface area (Å²) in [7, 11) is 0. The van der Waals surface area contributed by atoms with Crippen molar-refractivity contribution in [3.8, 4) is 11.1 Å². The lowest BCUT2D eigenvalue weighted by Crippen LogP contribution is -1.96. The van der Waals surface area contributed by atoms with Gasteiger partial charge in [0.2, 0.25) is 0 Å². The van der Waals surface area contributed by atoms with E-state index in [0.29, 0.717) is 16.8 Å². The van der Waals surface area contributed by atoms with E-state index in [0.717, 1.165) is 0 Å².